The predicted octanol–water partition coefficient (Wildman–Crippen LogP) is 9.03. The van der Waals surface area contributed by atoms with Crippen LogP contribution in [0.15, 0.2) is 42.6 Å². The number of aryl methyl sites for hydroxylation is 1. The van der Waals surface area contributed by atoms with Gasteiger partial charge in [-0.25, -0.2) is 0 Å². The molecule has 2 nitrogen and oxygen atoms in total. The number of unbranched alkanes of at least 4 members (excludes halogenated alkanes) is 6. The van der Waals surface area contributed by atoms with Crippen LogP contribution in [0.3, 0.4) is 0 Å². The Morgan fingerprint density at radius 1 is 0.750 bits per heavy atom. The van der Waals surface area contributed by atoms with E-state index in [9.17, 15) is 0 Å². The number of hydrogen-bond donors (Lipinski definition) is 0. The summed E-state index contributed by atoms with van der Waals surface area (Å²) in [6, 6.07) is 12.9. The van der Waals surface area contributed by atoms with Crippen molar-refractivity contribution < 1.29 is 4.74 Å². The van der Waals surface area contributed by atoms with Gasteiger partial charge in [0.05, 0.1) is 12.3 Å². The van der Waals surface area contributed by atoms with Crippen molar-refractivity contribution in [3.05, 3.63) is 48.2 Å². The fourth-order valence-electron chi connectivity index (χ4n) is 4.98. The molecule has 1 aromatic heterocycles. The normalized spacial score (nSPS) is 18.6. The predicted molar refractivity (Wildman–Crippen MR) is 137 cm³/mol. The molecule has 0 bridgehead atoms. The van der Waals surface area contributed by atoms with E-state index in [1.165, 1.54) is 94.6 Å². The number of nitrogens with zero attached hydrogens (tertiary/aromatic N) is 1. The molecule has 2 aromatic rings. The summed E-state index contributed by atoms with van der Waals surface area (Å²) in [5.74, 6) is 2.69. The molecule has 32 heavy (non-hydrogen) atoms. The minimum atomic E-state index is 0.730. The molecule has 0 amide bonds. The van der Waals surface area contributed by atoms with E-state index in [4.69, 9.17) is 9.72 Å². The standard InChI is InChI=1S/C30H45NO/c1-3-5-7-8-10-12-26-17-22-30(31-23-26)28-18-20-29(21-19-28)32-24-27-15-13-25(14-16-27)11-9-6-4-2/h17-23,25,27H,3-16,24H2,1-2H3/t25-,27-. The zero-order valence-electron chi connectivity index (χ0n) is 20.7. The Hall–Kier alpha value is -1.83. The Morgan fingerprint density at radius 3 is 2.12 bits per heavy atom. The zero-order valence-corrected chi connectivity index (χ0v) is 20.7. The molecular weight excluding hydrogens is 390 g/mol. The molecule has 0 radical (unpaired) electrons. The van der Waals surface area contributed by atoms with Gasteiger partial charge < -0.3 is 4.74 Å². The van der Waals surface area contributed by atoms with Gasteiger partial charge in [0.15, 0.2) is 0 Å². The highest BCUT2D eigenvalue weighted by Crippen LogP contribution is 2.32. The van der Waals surface area contributed by atoms with Crippen LogP contribution >= 0.6 is 0 Å². The van der Waals surface area contributed by atoms with Gasteiger partial charge in [-0.2, -0.15) is 0 Å². The molecule has 0 aliphatic heterocycles. The molecule has 0 saturated heterocycles. The summed E-state index contributed by atoms with van der Waals surface area (Å²) in [6.45, 7) is 5.43. The smallest absolute Gasteiger partial charge is 0.119 e. The molecule has 1 aliphatic carbocycles. The first-order chi connectivity index (χ1) is 15.8. The quantitative estimate of drug-likeness (QED) is 0.276. The number of rotatable bonds is 14. The SMILES string of the molecule is CCCCCCCc1ccc(-c2ccc(OC[C@H]3CC[C@H](CCCCC)CC3)cc2)nc1. The van der Waals surface area contributed by atoms with Crippen molar-refractivity contribution in [1.82, 2.24) is 4.98 Å². The molecule has 176 valence electrons. The van der Waals surface area contributed by atoms with E-state index in [1.54, 1.807) is 0 Å². The lowest BCUT2D eigenvalue weighted by molar-refractivity contribution is 0.177. The summed E-state index contributed by atoms with van der Waals surface area (Å²) < 4.78 is 6.14. The van der Waals surface area contributed by atoms with Crippen molar-refractivity contribution in [3.8, 4) is 17.0 Å². The van der Waals surface area contributed by atoms with E-state index >= 15 is 0 Å². The van der Waals surface area contributed by atoms with Crippen molar-refractivity contribution in [2.45, 2.75) is 104 Å². The van der Waals surface area contributed by atoms with Crippen molar-refractivity contribution in [1.29, 1.82) is 0 Å². The van der Waals surface area contributed by atoms with Crippen LogP contribution in [-0.2, 0) is 6.42 Å². The van der Waals surface area contributed by atoms with Crippen LogP contribution in [0.5, 0.6) is 5.75 Å². The number of benzene rings is 1. The summed E-state index contributed by atoms with van der Waals surface area (Å²) in [4.78, 5) is 4.71. The monoisotopic (exact) mass is 435 g/mol. The Balaban J connectivity index is 1.38. The second kappa shape index (κ2) is 14.3. The lowest BCUT2D eigenvalue weighted by Gasteiger charge is -2.28. The van der Waals surface area contributed by atoms with Gasteiger partial charge >= 0.3 is 0 Å². The maximum atomic E-state index is 6.14. The van der Waals surface area contributed by atoms with Crippen molar-refractivity contribution in [2.75, 3.05) is 6.61 Å². The third-order valence-corrected chi connectivity index (χ3v) is 7.21. The van der Waals surface area contributed by atoms with Crippen LogP contribution < -0.4 is 4.74 Å². The van der Waals surface area contributed by atoms with Crippen molar-refractivity contribution in [3.63, 3.8) is 0 Å². The molecule has 3 rings (SSSR count). The fourth-order valence-corrected chi connectivity index (χ4v) is 4.98. The van der Waals surface area contributed by atoms with Crippen LogP contribution in [0.25, 0.3) is 11.3 Å². The summed E-state index contributed by atoms with van der Waals surface area (Å²) in [5, 5.41) is 0. The number of hydrogen-bond acceptors (Lipinski definition) is 2. The minimum absolute atomic E-state index is 0.730. The zero-order chi connectivity index (χ0) is 22.4. The van der Waals surface area contributed by atoms with Gasteiger partial charge in [0.25, 0.3) is 0 Å². The number of aromatic nitrogens is 1. The Bertz CT molecular complexity index is 728. The molecule has 0 N–H and O–H groups in total. The molecule has 1 saturated carbocycles. The number of pyridine rings is 1. The Morgan fingerprint density at radius 2 is 1.44 bits per heavy atom. The molecule has 1 fully saturated rings. The summed E-state index contributed by atoms with van der Waals surface area (Å²) >= 11 is 0. The Labute approximate surface area is 197 Å². The van der Waals surface area contributed by atoms with E-state index in [-0.39, 0.29) is 0 Å². The van der Waals surface area contributed by atoms with Crippen LogP contribution in [0.2, 0.25) is 0 Å². The molecular formula is C30H45NO. The lowest BCUT2D eigenvalue weighted by atomic mass is 9.80. The van der Waals surface area contributed by atoms with Gasteiger partial charge in [0.1, 0.15) is 5.75 Å². The lowest BCUT2D eigenvalue weighted by Crippen LogP contribution is -2.20. The van der Waals surface area contributed by atoms with Gasteiger partial charge in [-0.1, -0.05) is 84.1 Å². The molecule has 1 aliphatic rings. The second-order valence-electron chi connectivity index (χ2n) is 9.93. The Kier molecular flexibility index (Phi) is 11.1. The maximum Gasteiger partial charge on any atom is 0.119 e. The van der Waals surface area contributed by atoms with E-state index in [2.05, 4.69) is 56.4 Å². The summed E-state index contributed by atoms with van der Waals surface area (Å²) in [5.41, 5.74) is 3.57. The van der Waals surface area contributed by atoms with Gasteiger partial charge in [0, 0.05) is 11.8 Å². The first-order valence-electron chi connectivity index (χ1n) is 13.5. The van der Waals surface area contributed by atoms with E-state index in [1.807, 2.05) is 0 Å². The van der Waals surface area contributed by atoms with Gasteiger partial charge in [-0.05, 0) is 73.4 Å². The van der Waals surface area contributed by atoms with Gasteiger partial charge in [-0.15, -0.1) is 0 Å². The number of ether oxygens (including phenoxy) is 1. The van der Waals surface area contributed by atoms with Crippen molar-refractivity contribution >= 4 is 0 Å². The van der Waals surface area contributed by atoms with Gasteiger partial charge in [0.2, 0.25) is 0 Å². The molecule has 0 atom stereocenters. The third kappa shape index (κ3) is 8.60. The molecule has 2 heteroatoms. The average molecular weight is 436 g/mol. The molecule has 0 spiro atoms. The van der Waals surface area contributed by atoms with E-state index in [0.717, 1.165) is 36.3 Å². The van der Waals surface area contributed by atoms with E-state index < -0.39 is 0 Å². The highest BCUT2D eigenvalue weighted by atomic mass is 16.5. The first-order valence-corrected chi connectivity index (χ1v) is 13.5. The second-order valence-corrected chi connectivity index (χ2v) is 9.93. The molecule has 0 unspecified atom stereocenters. The van der Waals surface area contributed by atoms with Crippen LogP contribution in [0, 0.1) is 11.8 Å². The van der Waals surface area contributed by atoms with Gasteiger partial charge in [-0.3, -0.25) is 4.98 Å². The largest absolute Gasteiger partial charge is 0.493 e. The highest BCUT2D eigenvalue weighted by Gasteiger charge is 2.21. The summed E-state index contributed by atoms with van der Waals surface area (Å²) in [6.07, 6.45) is 20.9. The first kappa shape index (κ1) is 24.8. The molecule has 1 heterocycles. The van der Waals surface area contributed by atoms with Crippen LogP contribution in [0.1, 0.15) is 103 Å². The third-order valence-electron chi connectivity index (χ3n) is 7.21. The van der Waals surface area contributed by atoms with Crippen molar-refractivity contribution in [2.24, 2.45) is 11.8 Å². The minimum Gasteiger partial charge on any atom is -0.493 e. The summed E-state index contributed by atoms with van der Waals surface area (Å²) in [7, 11) is 0. The van der Waals surface area contributed by atoms with E-state index in [0.29, 0.717) is 0 Å². The average Bonchev–Trinajstić information content (AvgIpc) is 2.84. The van der Waals surface area contributed by atoms with Crippen LogP contribution in [0.4, 0.5) is 0 Å². The fraction of sp³-hybridized carbons (Fsp3) is 0.633. The van der Waals surface area contributed by atoms with Crippen LogP contribution in [-0.4, -0.2) is 11.6 Å². The maximum absolute atomic E-state index is 6.14. The topological polar surface area (TPSA) is 22.1 Å². The molecule has 1 aromatic carbocycles. The highest BCUT2D eigenvalue weighted by molar-refractivity contribution is 5.60.